The third-order valence-corrected chi connectivity index (χ3v) is 3.73. The fourth-order valence-corrected chi connectivity index (χ4v) is 2.34. The molecule has 0 unspecified atom stereocenters. The predicted octanol–water partition coefficient (Wildman–Crippen LogP) is 4.07. The van der Waals surface area contributed by atoms with Gasteiger partial charge in [0.05, 0.1) is 0 Å². The molecule has 0 atom stereocenters. The number of hydrogen-bond donors (Lipinski definition) is 2. The maximum absolute atomic E-state index is 12.6. The number of aryl methyl sites for hydroxylation is 2. The van der Waals surface area contributed by atoms with Crippen LogP contribution in [0.3, 0.4) is 0 Å². The number of benzene rings is 2. The number of carbonyl (C=O) groups is 2. The van der Waals surface area contributed by atoms with Crippen molar-refractivity contribution in [3.63, 3.8) is 0 Å². The van der Waals surface area contributed by atoms with Crippen LogP contribution in [0.4, 0.5) is 5.69 Å². The molecule has 0 radical (unpaired) electrons. The molecule has 2 amide bonds. The summed E-state index contributed by atoms with van der Waals surface area (Å²) in [6, 6.07) is 12.9. The third kappa shape index (κ3) is 4.70. The molecule has 0 aromatic heterocycles. The van der Waals surface area contributed by atoms with Crippen LogP contribution in [0.1, 0.15) is 23.6 Å². The molecule has 2 N–H and O–H groups in total. The Hall–Kier alpha value is -2.59. The largest absolute Gasteiger partial charge is 0.322 e. The van der Waals surface area contributed by atoms with Crippen LogP contribution in [0.5, 0.6) is 0 Å². The highest BCUT2D eigenvalue weighted by Gasteiger charge is 2.13. The highest BCUT2D eigenvalue weighted by Crippen LogP contribution is 2.21. The third-order valence-electron chi connectivity index (χ3n) is 3.49. The fourth-order valence-electron chi connectivity index (χ4n) is 2.17. The normalized spacial score (nSPS) is 11.1. The van der Waals surface area contributed by atoms with E-state index in [0.717, 1.165) is 16.7 Å². The summed E-state index contributed by atoms with van der Waals surface area (Å²) in [4.78, 5) is 24.0. The fraction of sp³-hybridized carbons (Fsp3) is 0.158. The van der Waals surface area contributed by atoms with Crippen molar-refractivity contribution < 1.29 is 9.59 Å². The van der Waals surface area contributed by atoms with Crippen molar-refractivity contribution in [1.29, 1.82) is 0 Å². The van der Waals surface area contributed by atoms with Gasteiger partial charge in [0.25, 0.3) is 5.91 Å². The summed E-state index contributed by atoms with van der Waals surface area (Å²) in [5.41, 5.74) is 3.53. The van der Waals surface area contributed by atoms with Gasteiger partial charge in [0.15, 0.2) is 0 Å². The van der Waals surface area contributed by atoms with Crippen LogP contribution in [-0.2, 0) is 9.59 Å². The smallest absolute Gasteiger partial charge is 0.272 e. The highest BCUT2D eigenvalue weighted by atomic mass is 35.5. The van der Waals surface area contributed by atoms with Gasteiger partial charge in [0.1, 0.15) is 5.70 Å². The number of rotatable bonds is 4. The van der Waals surface area contributed by atoms with Gasteiger partial charge in [-0.1, -0.05) is 41.9 Å². The van der Waals surface area contributed by atoms with Crippen LogP contribution in [0.15, 0.2) is 48.2 Å². The quantitative estimate of drug-likeness (QED) is 0.823. The van der Waals surface area contributed by atoms with E-state index in [1.807, 2.05) is 44.2 Å². The summed E-state index contributed by atoms with van der Waals surface area (Å²) in [7, 11) is 0. The molecule has 24 heavy (non-hydrogen) atoms. The highest BCUT2D eigenvalue weighted by molar-refractivity contribution is 6.31. The lowest BCUT2D eigenvalue weighted by molar-refractivity contribution is -0.120. The van der Waals surface area contributed by atoms with Gasteiger partial charge in [0.2, 0.25) is 5.91 Å². The first-order chi connectivity index (χ1) is 11.4. The molecule has 2 aromatic carbocycles. The van der Waals surface area contributed by atoms with E-state index in [9.17, 15) is 9.59 Å². The average molecular weight is 343 g/mol. The topological polar surface area (TPSA) is 58.2 Å². The molecule has 0 aliphatic carbocycles. The minimum Gasteiger partial charge on any atom is -0.322 e. The van der Waals surface area contributed by atoms with Crippen molar-refractivity contribution in [2.45, 2.75) is 20.8 Å². The first kappa shape index (κ1) is 17.8. The molecule has 124 valence electrons. The van der Waals surface area contributed by atoms with Gasteiger partial charge in [-0.15, -0.1) is 0 Å². The minimum absolute atomic E-state index is 0.177. The minimum atomic E-state index is -0.404. The Morgan fingerprint density at radius 1 is 1.04 bits per heavy atom. The Kier molecular flexibility index (Phi) is 5.77. The zero-order valence-electron chi connectivity index (χ0n) is 13.8. The SMILES string of the molecule is CC(=O)N/C(=C/c1ccccc1C)C(=O)Nc1cc(Cl)ccc1C. The second-order valence-corrected chi connectivity index (χ2v) is 5.95. The molecule has 0 saturated heterocycles. The lowest BCUT2D eigenvalue weighted by Gasteiger charge is -2.12. The Balaban J connectivity index is 2.34. The lowest BCUT2D eigenvalue weighted by Crippen LogP contribution is -2.29. The van der Waals surface area contributed by atoms with Gasteiger partial charge < -0.3 is 10.6 Å². The Morgan fingerprint density at radius 2 is 1.75 bits per heavy atom. The standard InChI is InChI=1S/C19H19ClN2O2/c1-12-6-4-5-7-15(12)10-18(21-14(3)23)19(24)22-17-11-16(20)9-8-13(17)2/h4-11H,1-3H3,(H,21,23)(H,22,24)/b18-10+. The van der Waals surface area contributed by atoms with Crippen LogP contribution in [0.2, 0.25) is 5.02 Å². The van der Waals surface area contributed by atoms with Crippen LogP contribution in [-0.4, -0.2) is 11.8 Å². The molecule has 2 aromatic rings. The van der Waals surface area contributed by atoms with Crippen molar-refractivity contribution in [2.75, 3.05) is 5.32 Å². The van der Waals surface area contributed by atoms with Gasteiger partial charge >= 0.3 is 0 Å². The van der Waals surface area contributed by atoms with Gasteiger partial charge in [-0.3, -0.25) is 9.59 Å². The molecule has 0 saturated carbocycles. The van der Waals surface area contributed by atoms with E-state index in [0.29, 0.717) is 10.7 Å². The summed E-state index contributed by atoms with van der Waals surface area (Å²) in [6.45, 7) is 5.18. The van der Waals surface area contributed by atoms with Crippen molar-refractivity contribution in [2.24, 2.45) is 0 Å². The van der Waals surface area contributed by atoms with Gasteiger partial charge in [-0.05, 0) is 48.7 Å². The number of hydrogen-bond acceptors (Lipinski definition) is 2. The van der Waals surface area contributed by atoms with Crippen molar-refractivity contribution in [1.82, 2.24) is 5.32 Å². The molecular weight excluding hydrogens is 324 g/mol. The van der Waals surface area contributed by atoms with Crippen LogP contribution >= 0.6 is 11.6 Å². The number of carbonyl (C=O) groups excluding carboxylic acids is 2. The first-order valence-corrected chi connectivity index (χ1v) is 7.87. The van der Waals surface area contributed by atoms with E-state index in [1.165, 1.54) is 6.92 Å². The molecule has 0 bridgehead atoms. The summed E-state index contributed by atoms with van der Waals surface area (Å²) in [6.07, 6.45) is 1.66. The van der Waals surface area contributed by atoms with Crippen molar-refractivity contribution in [3.05, 3.63) is 69.9 Å². The molecular formula is C19H19ClN2O2. The zero-order chi connectivity index (χ0) is 17.7. The summed E-state index contributed by atoms with van der Waals surface area (Å²) >= 11 is 5.98. The molecule has 2 rings (SSSR count). The maximum Gasteiger partial charge on any atom is 0.272 e. The molecule has 4 nitrogen and oxygen atoms in total. The summed E-state index contributed by atoms with van der Waals surface area (Å²) in [5.74, 6) is -0.716. The molecule has 0 heterocycles. The van der Waals surface area contributed by atoms with Gasteiger partial charge in [-0.2, -0.15) is 0 Å². The van der Waals surface area contributed by atoms with Crippen molar-refractivity contribution in [3.8, 4) is 0 Å². The first-order valence-electron chi connectivity index (χ1n) is 7.49. The van der Waals surface area contributed by atoms with E-state index < -0.39 is 5.91 Å². The van der Waals surface area contributed by atoms with E-state index in [-0.39, 0.29) is 11.6 Å². The molecule has 0 aliphatic rings. The second-order valence-electron chi connectivity index (χ2n) is 5.51. The second kappa shape index (κ2) is 7.79. The van der Waals surface area contributed by atoms with E-state index in [4.69, 9.17) is 11.6 Å². The van der Waals surface area contributed by atoms with E-state index >= 15 is 0 Å². The van der Waals surface area contributed by atoms with Crippen LogP contribution in [0, 0.1) is 13.8 Å². The summed E-state index contributed by atoms with van der Waals surface area (Å²) in [5, 5.41) is 5.90. The molecule has 0 fully saturated rings. The van der Waals surface area contributed by atoms with Crippen LogP contribution < -0.4 is 10.6 Å². The van der Waals surface area contributed by atoms with Crippen molar-refractivity contribution >= 4 is 35.2 Å². The molecule has 0 spiro atoms. The number of nitrogens with one attached hydrogen (secondary N) is 2. The van der Waals surface area contributed by atoms with Gasteiger partial charge in [-0.25, -0.2) is 0 Å². The van der Waals surface area contributed by atoms with Crippen LogP contribution in [0.25, 0.3) is 6.08 Å². The maximum atomic E-state index is 12.6. The predicted molar refractivity (Wildman–Crippen MR) is 97.8 cm³/mol. The summed E-state index contributed by atoms with van der Waals surface area (Å²) < 4.78 is 0. The Bertz CT molecular complexity index is 813. The average Bonchev–Trinajstić information content (AvgIpc) is 2.52. The lowest BCUT2D eigenvalue weighted by atomic mass is 10.1. The van der Waals surface area contributed by atoms with E-state index in [1.54, 1.807) is 18.2 Å². The number of halogens is 1. The Morgan fingerprint density at radius 3 is 2.42 bits per heavy atom. The molecule has 0 aliphatic heterocycles. The molecule has 5 heteroatoms. The Labute approximate surface area is 146 Å². The van der Waals surface area contributed by atoms with E-state index in [2.05, 4.69) is 10.6 Å². The number of anilines is 1. The zero-order valence-corrected chi connectivity index (χ0v) is 14.6. The monoisotopic (exact) mass is 342 g/mol. The van der Waals surface area contributed by atoms with Gasteiger partial charge in [0, 0.05) is 17.6 Å². The number of amides is 2.